The molecule has 0 atom stereocenters. The highest BCUT2D eigenvalue weighted by molar-refractivity contribution is 6.73. The minimum atomic E-state index is -0.0386. The van der Waals surface area contributed by atoms with Gasteiger partial charge < -0.3 is 28.0 Å². The predicted molar refractivity (Wildman–Crippen MR) is 299 cm³/mol. The van der Waals surface area contributed by atoms with E-state index in [0.29, 0.717) is 7.28 Å². The van der Waals surface area contributed by atoms with E-state index in [0.717, 1.165) is 111 Å². The van der Waals surface area contributed by atoms with E-state index in [9.17, 15) is 0 Å². The van der Waals surface area contributed by atoms with Crippen LogP contribution in [0.15, 0.2) is 195 Å². The third kappa shape index (κ3) is 6.49. The van der Waals surface area contributed by atoms with E-state index in [4.69, 9.17) is 13.3 Å². The molecule has 342 valence electrons. The van der Waals surface area contributed by atoms with Gasteiger partial charge in [-0.1, -0.05) is 126 Å². The van der Waals surface area contributed by atoms with Crippen LogP contribution < -0.4 is 21.3 Å². The van der Waals surface area contributed by atoms with Crippen LogP contribution in [0.2, 0.25) is 0 Å². The average Bonchev–Trinajstić information content (AvgIpc) is 4.12. The van der Waals surface area contributed by atoms with Gasteiger partial charge in [-0.3, -0.25) is 0 Å². The molecular formula is C64H50BN3O3. The first-order valence-corrected chi connectivity index (χ1v) is 24.7. The summed E-state index contributed by atoms with van der Waals surface area (Å²) in [6, 6.07) is 65.4. The maximum atomic E-state index is 6.98. The topological polar surface area (TPSA) is 59.6 Å². The van der Waals surface area contributed by atoms with Crippen molar-refractivity contribution < 1.29 is 13.3 Å². The van der Waals surface area contributed by atoms with Crippen LogP contribution in [-0.2, 0) is 10.8 Å². The van der Waals surface area contributed by atoms with Crippen molar-refractivity contribution in [3.8, 4) is 16.8 Å². The Balaban J connectivity index is 1.02. The Morgan fingerprint density at radius 2 is 1.06 bits per heavy atom. The second kappa shape index (κ2) is 15.0. The first-order chi connectivity index (χ1) is 34.4. The fourth-order valence-electron chi connectivity index (χ4n) is 11.3. The number of hydrogen-bond acceptors (Lipinski definition) is 5. The van der Waals surface area contributed by atoms with Gasteiger partial charge in [0.25, 0.3) is 0 Å². The molecule has 0 bridgehead atoms. The third-order valence-electron chi connectivity index (χ3n) is 14.9. The molecule has 9 aromatic carbocycles. The lowest BCUT2D eigenvalue weighted by Crippen LogP contribution is -2.36. The highest BCUT2D eigenvalue weighted by atomic mass is 16.3. The summed E-state index contributed by atoms with van der Waals surface area (Å²) in [5, 5.41) is 11.8. The molecule has 1 N–H and O–H groups in total. The van der Waals surface area contributed by atoms with Gasteiger partial charge in [-0.2, -0.15) is 0 Å². The van der Waals surface area contributed by atoms with E-state index in [-0.39, 0.29) is 10.8 Å². The van der Waals surface area contributed by atoms with Gasteiger partial charge in [0.1, 0.15) is 27.9 Å². The number of benzene rings is 9. The molecule has 13 aromatic rings. The fraction of sp³-hybridized carbons (Fsp3) is 0.125. The van der Waals surface area contributed by atoms with Crippen LogP contribution in [0.25, 0.3) is 93.5 Å². The Morgan fingerprint density at radius 3 is 1.79 bits per heavy atom. The number of hydrogen-bond donors (Lipinski definition) is 1. The minimum absolute atomic E-state index is 0.0272. The molecule has 14 rings (SSSR count). The summed E-state index contributed by atoms with van der Waals surface area (Å²) >= 11 is 0. The SMILES string of the molecule is CC(C)(C)c1ccc(Nc2cc3c(cc2-c2ccc4c5cc6c(cc5n5c4c2Bc2oc4ccc(C(C)(C)C)cc4c2-5)oc2ccccc26)oc2ccc(N(c4ccccc4)c4ccccc4)cc23)cc1. The van der Waals surface area contributed by atoms with Crippen LogP contribution in [0.5, 0.6) is 0 Å². The standard InChI is InChI=1S/C64H50BN3O3/c1-63(2,3)37-21-24-39(25-22-37)66-52-34-50-48-32-42(67(40-15-9-7-10-16-40)41-17-11-8-12-18-41)26-30-55(48)70-57(50)35-46(52)44-27-28-45-47-33-49-43-19-13-14-20-54(43)69-58(49)36-53(47)68-60(45)59(44)65-62-61(68)51-31-38(64(4,5)6)23-29-56(51)71-62/h7-36,65-66H,1-6H3. The Kier molecular flexibility index (Phi) is 8.80. The zero-order valence-corrected chi connectivity index (χ0v) is 40.6. The molecule has 0 spiro atoms. The highest BCUT2D eigenvalue weighted by Gasteiger charge is 2.32. The van der Waals surface area contributed by atoms with Gasteiger partial charge in [0, 0.05) is 83.3 Å². The maximum Gasteiger partial charge on any atom is 0.244 e. The van der Waals surface area contributed by atoms with Gasteiger partial charge in [-0.15, -0.1) is 0 Å². The largest absolute Gasteiger partial charge is 0.469 e. The van der Waals surface area contributed by atoms with E-state index >= 15 is 0 Å². The lowest BCUT2D eigenvalue weighted by atomic mass is 9.62. The Labute approximate surface area is 412 Å². The maximum absolute atomic E-state index is 6.98. The molecule has 71 heavy (non-hydrogen) atoms. The Hall–Kier alpha value is -8.42. The molecule has 7 heteroatoms. The third-order valence-corrected chi connectivity index (χ3v) is 14.9. The van der Waals surface area contributed by atoms with E-state index in [2.05, 4.69) is 232 Å². The zero-order valence-electron chi connectivity index (χ0n) is 40.6. The van der Waals surface area contributed by atoms with Gasteiger partial charge in [-0.05, 0) is 124 Å². The van der Waals surface area contributed by atoms with Crippen LogP contribution >= 0.6 is 0 Å². The smallest absolute Gasteiger partial charge is 0.244 e. The molecule has 0 saturated carbocycles. The van der Waals surface area contributed by atoms with Gasteiger partial charge in [0.05, 0.1) is 16.9 Å². The molecule has 0 fully saturated rings. The number of furan rings is 3. The van der Waals surface area contributed by atoms with Crippen molar-refractivity contribution in [2.45, 2.75) is 52.4 Å². The molecule has 6 nitrogen and oxygen atoms in total. The van der Waals surface area contributed by atoms with Crippen LogP contribution in [-0.4, -0.2) is 11.8 Å². The molecule has 5 heterocycles. The summed E-state index contributed by atoms with van der Waals surface area (Å²) in [7, 11) is 0.618. The number of fused-ring (bicyclic) bond motifs is 13. The van der Waals surface area contributed by atoms with Crippen molar-refractivity contribution in [3.05, 3.63) is 193 Å². The lowest BCUT2D eigenvalue weighted by molar-refractivity contribution is 0.590. The second-order valence-corrected chi connectivity index (χ2v) is 21.4. The Morgan fingerprint density at radius 1 is 0.437 bits per heavy atom. The van der Waals surface area contributed by atoms with Gasteiger partial charge in [0.15, 0.2) is 0 Å². The summed E-state index contributed by atoms with van der Waals surface area (Å²) in [6.45, 7) is 13.6. The molecule has 1 aliphatic rings. The number of anilines is 5. The van der Waals surface area contributed by atoms with Crippen molar-refractivity contribution in [1.82, 2.24) is 4.57 Å². The summed E-state index contributed by atoms with van der Waals surface area (Å²) in [5.74, 6) is 0. The number of nitrogens with one attached hydrogen (secondary N) is 1. The van der Waals surface area contributed by atoms with E-state index in [1.807, 2.05) is 6.07 Å². The fourth-order valence-corrected chi connectivity index (χ4v) is 11.3. The van der Waals surface area contributed by atoms with Crippen molar-refractivity contribution in [3.63, 3.8) is 0 Å². The quantitative estimate of drug-likeness (QED) is 0.168. The van der Waals surface area contributed by atoms with E-state index in [1.165, 1.54) is 32.9 Å². The van der Waals surface area contributed by atoms with Crippen LogP contribution in [0.4, 0.5) is 28.4 Å². The second-order valence-electron chi connectivity index (χ2n) is 21.4. The van der Waals surface area contributed by atoms with Gasteiger partial charge in [0.2, 0.25) is 7.28 Å². The summed E-state index contributed by atoms with van der Waals surface area (Å²) in [6.07, 6.45) is 0. The van der Waals surface area contributed by atoms with Gasteiger partial charge in [-0.25, -0.2) is 0 Å². The molecule has 0 radical (unpaired) electrons. The Bertz CT molecular complexity index is 4260. The van der Waals surface area contributed by atoms with Crippen molar-refractivity contribution >= 4 is 123 Å². The number of rotatable bonds is 6. The number of nitrogens with zero attached hydrogens (tertiary/aromatic N) is 2. The summed E-state index contributed by atoms with van der Waals surface area (Å²) in [4.78, 5) is 2.30. The van der Waals surface area contributed by atoms with Gasteiger partial charge >= 0.3 is 0 Å². The minimum Gasteiger partial charge on any atom is -0.469 e. The normalized spacial score (nSPS) is 12.8. The molecule has 0 amide bonds. The zero-order chi connectivity index (χ0) is 47.9. The van der Waals surface area contributed by atoms with Crippen molar-refractivity contribution in [2.24, 2.45) is 0 Å². The monoisotopic (exact) mass is 919 g/mol. The van der Waals surface area contributed by atoms with Crippen LogP contribution in [0.1, 0.15) is 52.7 Å². The predicted octanol–water partition coefficient (Wildman–Crippen LogP) is 16.5. The number of aromatic nitrogens is 1. The molecule has 1 aliphatic heterocycles. The highest BCUT2D eigenvalue weighted by Crippen LogP contribution is 2.46. The molecule has 0 unspecified atom stereocenters. The first-order valence-electron chi connectivity index (χ1n) is 24.7. The first kappa shape index (κ1) is 41.5. The molecule has 0 aliphatic carbocycles. The molecule has 4 aromatic heterocycles. The molecular weight excluding hydrogens is 870 g/mol. The summed E-state index contributed by atoms with van der Waals surface area (Å²) in [5.41, 5.74) is 19.8. The van der Waals surface area contributed by atoms with Crippen molar-refractivity contribution in [2.75, 3.05) is 10.2 Å². The van der Waals surface area contributed by atoms with E-state index in [1.54, 1.807) is 0 Å². The van der Waals surface area contributed by atoms with Crippen LogP contribution in [0.3, 0.4) is 0 Å². The lowest BCUT2D eigenvalue weighted by Gasteiger charge is -2.25. The number of para-hydroxylation sites is 3. The van der Waals surface area contributed by atoms with Crippen LogP contribution in [0, 0.1) is 0 Å². The average molecular weight is 920 g/mol. The molecule has 0 saturated heterocycles. The van der Waals surface area contributed by atoms with E-state index < -0.39 is 0 Å². The summed E-state index contributed by atoms with van der Waals surface area (Å²) < 4.78 is 22.9. The van der Waals surface area contributed by atoms with Crippen molar-refractivity contribution in [1.29, 1.82) is 0 Å².